The fraction of sp³-hybridized carbons (Fsp3) is 0.136. The number of fused-ring (bicyclic) bond motifs is 3. The van der Waals surface area contributed by atoms with Crippen molar-refractivity contribution in [1.82, 2.24) is 15.4 Å². The van der Waals surface area contributed by atoms with E-state index in [0.717, 1.165) is 16.4 Å². The van der Waals surface area contributed by atoms with Crippen molar-refractivity contribution < 1.29 is 18.7 Å². The number of hydrogen-bond acceptors (Lipinski definition) is 7. The predicted octanol–water partition coefficient (Wildman–Crippen LogP) is 3.52. The third-order valence-corrected chi connectivity index (χ3v) is 4.53. The van der Waals surface area contributed by atoms with Gasteiger partial charge in [-0.05, 0) is 19.1 Å². The Bertz CT molecular complexity index is 1300. The van der Waals surface area contributed by atoms with E-state index >= 15 is 0 Å². The molecule has 31 heavy (non-hydrogen) atoms. The molecule has 156 valence electrons. The van der Waals surface area contributed by atoms with Gasteiger partial charge in [0.1, 0.15) is 22.6 Å². The van der Waals surface area contributed by atoms with Gasteiger partial charge in [0.05, 0.1) is 25.4 Å². The Balaban J connectivity index is 1.47. The number of amides is 2. The summed E-state index contributed by atoms with van der Waals surface area (Å²) in [4.78, 5) is 32.2. The standard InChI is InChI=1S/C22H19N5O4/c1-13(26-27-22(29)17-12-23-7-8-24-17)9-21(28)25-16-11-19-15(10-20(16)30-2)14-5-3-4-6-18(14)31-19/h3-8,10-12H,9H2,1-2H3,(H,25,28)(H,27,29). The molecule has 0 saturated carbocycles. The van der Waals surface area contributed by atoms with Gasteiger partial charge in [0, 0.05) is 34.9 Å². The van der Waals surface area contributed by atoms with Crippen LogP contribution in [0.4, 0.5) is 5.69 Å². The van der Waals surface area contributed by atoms with Crippen molar-refractivity contribution >= 4 is 45.2 Å². The lowest BCUT2D eigenvalue weighted by Crippen LogP contribution is -2.22. The van der Waals surface area contributed by atoms with Crippen LogP contribution in [0, 0.1) is 0 Å². The first-order chi connectivity index (χ1) is 15.0. The molecule has 0 spiro atoms. The van der Waals surface area contributed by atoms with Crippen molar-refractivity contribution in [2.45, 2.75) is 13.3 Å². The molecule has 9 nitrogen and oxygen atoms in total. The lowest BCUT2D eigenvalue weighted by atomic mass is 10.1. The zero-order valence-electron chi connectivity index (χ0n) is 16.9. The molecule has 0 aliphatic rings. The molecule has 2 aromatic heterocycles. The van der Waals surface area contributed by atoms with Crippen LogP contribution in [0.2, 0.25) is 0 Å². The molecule has 4 rings (SSSR count). The Morgan fingerprint density at radius 3 is 2.74 bits per heavy atom. The number of nitrogens with zero attached hydrogens (tertiary/aromatic N) is 3. The summed E-state index contributed by atoms with van der Waals surface area (Å²) in [5, 5.41) is 8.62. The number of aromatic nitrogens is 2. The van der Waals surface area contributed by atoms with E-state index < -0.39 is 5.91 Å². The molecular formula is C22H19N5O4. The molecule has 0 radical (unpaired) electrons. The largest absolute Gasteiger partial charge is 0.495 e. The topological polar surface area (TPSA) is 119 Å². The van der Waals surface area contributed by atoms with Crippen molar-refractivity contribution in [3.8, 4) is 5.75 Å². The molecule has 2 heterocycles. The number of benzene rings is 2. The molecule has 0 atom stereocenters. The van der Waals surface area contributed by atoms with Gasteiger partial charge in [-0.1, -0.05) is 18.2 Å². The van der Waals surface area contributed by atoms with Gasteiger partial charge in [-0.25, -0.2) is 10.4 Å². The summed E-state index contributed by atoms with van der Waals surface area (Å²) in [5.41, 5.74) is 4.78. The molecule has 0 fully saturated rings. The first-order valence-electron chi connectivity index (χ1n) is 9.44. The van der Waals surface area contributed by atoms with E-state index in [0.29, 0.717) is 22.7 Å². The number of anilines is 1. The number of carbonyl (C=O) groups excluding carboxylic acids is 2. The first-order valence-corrected chi connectivity index (χ1v) is 9.44. The van der Waals surface area contributed by atoms with Crippen LogP contribution in [0.5, 0.6) is 5.75 Å². The second kappa shape index (κ2) is 8.62. The second-order valence-corrected chi connectivity index (χ2v) is 6.75. The van der Waals surface area contributed by atoms with Crippen molar-refractivity contribution in [2.24, 2.45) is 5.10 Å². The van der Waals surface area contributed by atoms with Gasteiger partial charge in [-0.3, -0.25) is 14.6 Å². The summed E-state index contributed by atoms with van der Waals surface area (Å²) < 4.78 is 11.3. The highest BCUT2D eigenvalue weighted by atomic mass is 16.5. The number of para-hydroxylation sites is 1. The molecular weight excluding hydrogens is 398 g/mol. The Hall–Kier alpha value is -4.27. The smallest absolute Gasteiger partial charge is 0.291 e. The van der Waals surface area contributed by atoms with Crippen molar-refractivity contribution in [3.63, 3.8) is 0 Å². The van der Waals surface area contributed by atoms with Crippen LogP contribution in [-0.4, -0.2) is 34.6 Å². The molecule has 0 saturated heterocycles. The molecule has 0 aliphatic carbocycles. The van der Waals surface area contributed by atoms with E-state index in [-0.39, 0.29) is 18.0 Å². The average Bonchev–Trinajstić information content (AvgIpc) is 3.14. The SMILES string of the molecule is COc1cc2c(cc1NC(=O)CC(C)=NNC(=O)c1cnccn1)oc1ccccc12. The number of hydrogen-bond donors (Lipinski definition) is 2. The first kappa shape index (κ1) is 20.0. The summed E-state index contributed by atoms with van der Waals surface area (Å²) >= 11 is 0. The van der Waals surface area contributed by atoms with Crippen molar-refractivity contribution in [2.75, 3.05) is 12.4 Å². The van der Waals surface area contributed by atoms with Gasteiger partial charge < -0.3 is 14.5 Å². The van der Waals surface area contributed by atoms with Crippen LogP contribution in [0.15, 0.2) is 64.5 Å². The minimum absolute atomic E-state index is 0.0257. The lowest BCUT2D eigenvalue weighted by molar-refractivity contribution is -0.115. The summed E-state index contributed by atoms with van der Waals surface area (Å²) in [5.74, 6) is -0.313. The molecule has 0 unspecified atom stereocenters. The number of hydrazone groups is 1. The molecule has 9 heteroatoms. The summed E-state index contributed by atoms with van der Waals surface area (Å²) in [6, 6.07) is 11.2. The van der Waals surface area contributed by atoms with Gasteiger partial charge in [-0.2, -0.15) is 5.10 Å². The van der Waals surface area contributed by atoms with E-state index in [4.69, 9.17) is 9.15 Å². The van der Waals surface area contributed by atoms with Gasteiger partial charge in [0.2, 0.25) is 5.91 Å². The molecule has 0 bridgehead atoms. The van der Waals surface area contributed by atoms with Crippen LogP contribution in [0.3, 0.4) is 0 Å². The maximum Gasteiger partial charge on any atom is 0.291 e. The van der Waals surface area contributed by atoms with Gasteiger partial charge in [0.25, 0.3) is 5.91 Å². The molecule has 2 N–H and O–H groups in total. The molecule has 4 aromatic rings. The number of methoxy groups -OCH3 is 1. The Kier molecular flexibility index (Phi) is 5.57. The van der Waals surface area contributed by atoms with Gasteiger partial charge in [0.15, 0.2) is 0 Å². The van der Waals surface area contributed by atoms with Crippen LogP contribution in [0.25, 0.3) is 21.9 Å². The fourth-order valence-electron chi connectivity index (χ4n) is 3.10. The number of furan rings is 1. The quantitative estimate of drug-likeness (QED) is 0.366. The Morgan fingerprint density at radius 1 is 1.13 bits per heavy atom. The Labute approximate surface area is 177 Å². The summed E-state index contributed by atoms with van der Waals surface area (Å²) in [6.07, 6.45) is 4.17. The van der Waals surface area contributed by atoms with Crippen LogP contribution >= 0.6 is 0 Å². The maximum atomic E-state index is 12.5. The van der Waals surface area contributed by atoms with Crippen molar-refractivity contribution in [1.29, 1.82) is 0 Å². The van der Waals surface area contributed by atoms with Gasteiger partial charge >= 0.3 is 0 Å². The zero-order valence-corrected chi connectivity index (χ0v) is 16.9. The number of ether oxygens (including phenoxy) is 1. The predicted molar refractivity (Wildman–Crippen MR) is 116 cm³/mol. The number of rotatable bonds is 6. The van der Waals surface area contributed by atoms with E-state index in [2.05, 4.69) is 25.8 Å². The van der Waals surface area contributed by atoms with E-state index in [1.807, 2.05) is 30.3 Å². The zero-order chi connectivity index (χ0) is 21.8. The highest BCUT2D eigenvalue weighted by Crippen LogP contribution is 2.36. The highest BCUT2D eigenvalue weighted by molar-refractivity contribution is 6.10. The minimum atomic E-state index is -0.509. The summed E-state index contributed by atoms with van der Waals surface area (Å²) in [7, 11) is 1.54. The Morgan fingerprint density at radius 2 is 1.97 bits per heavy atom. The number of nitrogens with one attached hydrogen (secondary N) is 2. The average molecular weight is 417 g/mol. The normalized spacial score (nSPS) is 11.5. The third kappa shape index (κ3) is 4.35. The lowest BCUT2D eigenvalue weighted by Gasteiger charge is -2.10. The summed E-state index contributed by atoms with van der Waals surface area (Å²) in [6.45, 7) is 1.64. The van der Waals surface area contributed by atoms with Crippen LogP contribution in [0.1, 0.15) is 23.8 Å². The number of carbonyl (C=O) groups is 2. The van der Waals surface area contributed by atoms with Crippen LogP contribution in [-0.2, 0) is 4.79 Å². The van der Waals surface area contributed by atoms with Crippen molar-refractivity contribution in [3.05, 3.63) is 60.7 Å². The maximum absolute atomic E-state index is 12.5. The van der Waals surface area contributed by atoms with E-state index in [9.17, 15) is 9.59 Å². The fourth-order valence-corrected chi connectivity index (χ4v) is 3.10. The van der Waals surface area contributed by atoms with E-state index in [1.54, 1.807) is 13.0 Å². The van der Waals surface area contributed by atoms with E-state index in [1.165, 1.54) is 25.7 Å². The second-order valence-electron chi connectivity index (χ2n) is 6.75. The highest BCUT2D eigenvalue weighted by Gasteiger charge is 2.15. The molecule has 2 aromatic carbocycles. The van der Waals surface area contributed by atoms with Gasteiger partial charge in [-0.15, -0.1) is 0 Å². The van der Waals surface area contributed by atoms with Crippen LogP contribution < -0.4 is 15.5 Å². The molecule has 0 aliphatic heterocycles. The molecule has 2 amide bonds. The monoisotopic (exact) mass is 417 g/mol. The minimum Gasteiger partial charge on any atom is -0.495 e. The third-order valence-electron chi connectivity index (χ3n) is 4.53.